The first-order valence-electron chi connectivity index (χ1n) is 5.72. The molecule has 17 heavy (non-hydrogen) atoms. The van der Waals surface area contributed by atoms with Crippen LogP contribution >= 0.6 is 0 Å². The maximum atomic E-state index is 5.46. The molecule has 2 rings (SSSR count). The Morgan fingerprint density at radius 3 is 2.41 bits per heavy atom. The van der Waals surface area contributed by atoms with Crippen molar-refractivity contribution < 1.29 is 4.74 Å². The topological polar surface area (TPSA) is 21.3 Å². The number of methoxy groups -OCH3 is 1. The van der Waals surface area contributed by atoms with Crippen LogP contribution in [-0.4, -0.2) is 14.2 Å². The lowest BCUT2D eigenvalue weighted by molar-refractivity contribution is 0.416. The second-order valence-electron chi connectivity index (χ2n) is 3.89. The average Bonchev–Trinajstić information content (AvgIpc) is 2.40. The van der Waals surface area contributed by atoms with E-state index in [2.05, 4.69) is 23.5 Å². The lowest BCUT2D eigenvalue weighted by Gasteiger charge is -2.13. The molecular formula is C15H17NO. The van der Waals surface area contributed by atoms with Crippen molar-refractivity contribution in [3.05, 3.63) is 54.1 Å². The summed E-state index contributed by atoms with van der Waals surface area (Å²) in [6.45, 7) is 0.835. The number of ether oxygens (including phenoxy) is 1. The van der Waals surface area contributed by atoms with Crippen LogP contribution in [0.4, 0.5) is 0 Å². The smallest absolute Gasteiger partial charge is 0.127 e. The average molecular weight is 227 g/mol. The molecule has 0 aliphatic heterocycles. The maximum absolute atomic E-state index is 5.46. The molecule has 0 fully saturated rings. The van der Waals surface area contributed by atoms with Crippen LogP contribution in [-0.2, 0) is 6.54 Å². The fourth-order valence-corrected chi connectivity index (χ4v) is 2.02. The second kappa shape index (κ2) is 5.51. The molecule has 0 saturated carbocycles. The van der Waals surface area contributed by atoms with E-state index in [1.54, 1.807) is 7.11 Å². The van der Waals surface area contributed by atoms with Crippen LogP contribution in [0.25, 0.3) is 11.1 Å². The van der Waals surface area contributed by atoms with Crippen LogP contribution in [0.3, 0.4) is 0 Å². The molecule has 1 N–H and O–H groups in total. The van der Waals surface area contributed by atoms with Crippen molar-refractivity contribution in [2.45, 2.75) is 6.54 Å². The van der Waals surface area contributed by atoms with Gasteiger partial charge < -0.3 is 10.1 Å². The Morgan fingerprint density at radius 2 is 1.76 bits per heavy atom. The minimum Gasteiger partial charge on any atom is -0.496 e. The Hall–Kier alpha value is -1.80. The molecule has 0 heterocycles. The Balaban J connectivity index is 2.56. The molecule has 2 aromatic carbocycles. The SMILES string of the molecule is CNCc1cccc(OC)c1-c1ccccc1. The minimum absolute atomic E-state index is 0.835. The van der Waals surface area contributed by atoms with Crippen molar-refractivity contribution in [2.24, 2.45) is 0 Å². The molecule has 0 aliphatic rings. The van der Waals surface area contributed by atoms with Crippen molar-refractivity contribution in [3.8, 4) is 16.9 Å². The van der Waals surface area contributed by atoms with E-state index in [0.717, 1.165) is 12.3 Å². The highest BCUT2D eigenvalue weighted by molar-refractivity contribution is 5.74. The molecule has 0 bridgehead atoms. The van der Waals surface area contributed by atoms with E-state index in [1.807, 2.05) is 37.4 Å². The molecular weight excluding hydrogens is 210 g/mol. The van der Waals surface area contributed by atoms with Gasteiger partial charge in [0, 0.05) is 12.1 Å². The van der Waals surface area contributed by atoms with Crippen LogP contribution in [0.2, 0.25) is 0 Å². The van der Waals surface area contributed by atoms with Gasteiger partial charge in [-0.3, -0.25) is 0 Å². The fraction of sp³-hybridized carbons (Fsp3) is 0.200. The van der Waals surface area contributed by atoms with Gasteiger partial charge in [0.1, 0.15) is 5.75 Å². The number of benzene rings is 2. The largest absolute Gasteiger partial charge is 0.496 e. The summed E-state index contributed by atoms with van der Waals surface area (Å²) < 4.78 is 5.46. The van der Waals surface area contributed by atoms with Crippen LogP contribution in [0.15, 0.2) is 48.5 Å². The third-order valence-corrected chi connectivity index (χ3v) is 2.76. The summed E-state index contributed by atoms with van der Waals surface area (Å²) >= 11 is 0. The Bertz CT molecular complexity index is 480. The summed E-state index contributed by atoms with van der Waals surface area (Å²) in [5.74, 6) is 0.920. The molecule has 0 spiro atoms. The van der Waals surface area contributed by atoms with E-state index in [4.69, 9.17) is 4.74 Å². The number of rotatable bonds is 4. The quantitative estimate of drug-likeness (QED) is 0.866. The van der Waals surface area contributed by atoms with Gasteiger partial charge in [0.2, 0.25) is 0 Å². The van der Waals surface area contributed by atoms with Crippen molar-refractivity contribution in [1.29, 1.82) is 0 Å². The summed E-state index contributed by atoms with van der Waals surface area (Å²) in [5.41, 5.74) is 3.61. The van der Waals surface area contributed by atoms with Crippen molar-refractivity contribution in [2.75, 3.05) is 14.2 Å². The molecule has 0 amide bonds. The predicted octanol–water partition coefficient (Wildman–Crippen LogP) is 3.08. The van der Waals surface area contributed by atoms with Gasteiger partial charge in [0.25, 0.3) is 0 Å². The summed E-state index contributed by atoms with van der Waals surface area (Å²) in [5, 5.41) is 3.19. The van der Waals surface area contributed by atoms with Gasteiger partial charge in [-0.2, -0.15) is 0 Å². The first-order valence-corrected chi connectivity index (χ1v) is 5.72. The number of hydrogen-bond donors (Lipinski definition) is 1. The summed E-state index contributed by atoms with van der Waals surface area (Å²) in [6.07, 6.45) is 0. The lowest BCUT2D eigenvalue weighted by atomic mass is 9.98. The van der Waals surface area contributed by atoms with E-state index in [9.17, 15) is 0 Å². The van der Waals surface area contributed by atoms with E-state index >= 15 is 0 Å². The van der Waals surface area contributed by atoms with Crippen molar-refractivity contribution in [1.82, 2.24) is 5.32 Å². The standard InChI is InChI=1S/C15H17NO/c1-16-11-13-9-6-10-14(17-2)15(13)12-7-4-3-5-8-12/h3-10,16H,11H2,1-2H3. The molecule has 0 aromatic heterocycles. The molecule has 0 atom stereocenters. The third kappa shape index (κ3) is 2.48. The molecule has 0 unspecified atom stereocenters. The molecule has 2 aromatic rings. The lowest BCUT2D eigenvalue weighted by Crippen LogP contribution is -2.07. The first-order chi connectivity index (χ1) is 8.36. The molecule has 2 heteroatoms. The molecule has 0 aliphatic carbocycles. The first kappa shape index (κ1) is 11.7. The molecule has 0 radical (unpaired) electrons. The predicted molar refractivity (Wildman–Crippen MR) is 71.2 cm³/mol. The van der Waals surface area contributed by atoms with Gasteiger partial charge >= 0.3 is 0 Å². The van der Waals surface area contributed by atoms with Crippen molar-refractivity contribution in [3.63, 3.8) is 0 Å². The van der Waals surface area contributed by atoms with Gasteiger partial charge in [-0.25, -0.2) is 0 Å². The molecule has 2 nitrogen and oxygen atoms in total. The van der Waals surface area contributed by atoms with E-state index in [1.165, 1.54) is 16.7 Å². The summed E-state index contributed by atoms with van der Waals surface area (Å²) in [6, 6.07) is 16.5. The highest BCUT2D eigenvalue weighted by Gasteiger charge is 2.10. The zero-order chi connectivity index (χ0) is 12.1. The zero-order valence-electron chi connectivity index (χ0n) is 10.2. The van der Waals surface area contributed by atoms with Crippen molar-refractivity contribution >= 4 is 0 Å². The maximum Gasteiger partial charge on any atom is 0.127 e. The molecule has 88 valence electrons. The van der Waals surface area contributed by atoms with Crippen LogP contribution in [0, 0.1) is 0 Å². The monoisotopic (exact) mass is 227 g/mol. The summed E-state index contributed by atoms with van der Waals surface area (Å²) in [4.78, 5) is 0. The normalized spacial score (nSPS) is 10.2. The zero-order valence-corrected chi connectivity index (χ0v) is 10.2. The number of nitrogens with one attached hydrogen (secondary N) is 1. The summed E-state index contributed by atoms with van der Waals surface area (Å²) in [7, 11) is 3.67. The van der Waals surface area contributed by atoms with Gasteiger partial charge in [0.05, 0.1) is 7.11 Å². The highest BCUT2D eigenvalue weighted by Crippen LogP contribution is 2.33. The van der Waals surface area contributed by atoms with E-state index < -0.39 is 0 Å². The Labute approximate surface area is 102 Å². The van der Waals surface area contributed by atoms with E-state index in [0.29, 0.717) is 0 Å². The van der Waals surface area contributed by atoms with Gasteiger partial charge in [-0.15, -0.1) is 0 Å². The third-order valence-electron chi connectivity index (χ3n) is 2.76. The highest BCUT2D eigenvalue weighted by atomic mass is 16.5. The van der Waals surface area contributed by atoms with Crippen LogP contribution < -0.4 is 10.1 Å². The Kier molecular flexibility index (Phi) is 3.78. The van der Waals surface area contributed by atoms with Gasteiger partial charge in [-0.1, -0.05) is 42.5 Å². The van der Waals surface area contributed by atoms with Gasteiger partial charge in [-0.05, 0) is 24.2 Å². The van der Waals surface area contributed by atoms with E-state index in [-0.39, 0.29) is 0 Å². The minimum atomic E-state index is 0.835. The number of hydrogen-bond acceptors (Lipinski definition) is 2. The Morgan fingerprint density at radius 1 is 1.00 bits per heavy atom. The molecule has 0 saturated heterocycles. The second-order valence-corrected chi connectivity index (χ2v) is 3.89. The van der Waals surface area contributed by atoms with Gasteiger partial charge in [0.15, 0.2) is 0 Å². The van der Waals surface area contributed by atoms with Crippen LogP contribution in [0.5, 0.6) is 5.75 Å². The van der Waals surface area contributed by atoms with Crippen LogP contribution in [0.1, 0.15) is 5.56 Å². The fourth-order valence-electron chi connectivity index (χ4n) is 2.02.